The highest BCUT2D eigenvalue weighted by molar-refractivity contribution is 5.61. The van der Waals surface area contributed by atoms with Crippen LogP contribution in [0.5, 0.6) is 0 Å². The van der Waals surface area contributed by atoms with Crippen LogP contribution < -0.4 is 0 Å². The van der Waals surface area contributed by atoms with Crippen LogP contribution in [0.2, 0.25) is 0 Å². The first kappa shape index (κ1) is 8.24. The van der Waals surface area contributed by atoms with Crippen molar-refractivity contribution in [2.75, 3.05) is 0 Å². The number of allylic oxidation sites excluding steroid dienone is 2. The molecule has 0 amide bonds. The number of aromatic nitrogens is 1. The molecule has 0 fully saturated rings. The van der Waals surface area contributed by atoms with E-state index in [-0.39, 0.29) is 0 Å². The third-order valence-corrected chi connectivity index (χ3v) is 2.31. The van der Waals surface area contributed by atoms with Crippen LogP contribution in [0.15, 0.2) is 24.8 Å². The molecule has 0 bridgehead atoms. The fraction of sp³-hybridized carbons (Fsp3) is 0.250. The van der Waals surface area contributed by atoms with Gasteiger partial charge in [-0.05, 0) is 43.0 Å². The Hall–Kier alpha value is -1.37. The van der Waals surface area contributed by atoms with Gasteiger partial charge in [-0.1, -0.05) is 18.7 Å². The van der Waals surface area contributed by atoms with Crippen LogP contribution in [0.1, 0.15) is 30.3 Å². The number of aryl methyl sites for hydroxylation is 1. The van der Waals surface area contributed by atoms with Gasteiger partial charge in [-0.15, -0.1) is 0 Å². The normalized spacial score (nSPS) is 13.9. The molecular weight excluding hydrogens is 158 g/mol. The molecule has 1 nitrogen and oxygen atoms in total. The summed E-state index contributed by atoms with van der Waals surface area (Å²) >= 11 is 0. The molecule has 66 valence electrons. The first-order valence-electron chi connectivity index (χ1n) is 4.60. The summed E-state index contributed by atoms with van der Waals surface area (Å²) in [7, 11) is 0. The van der Waals surface area contributed by atoms with E-state index in [0.29, 0.717) is 0 Å². The SMILES string of the molecule is C=C(C)c1ccc2c(n1)C=CCC2. The van der Waals surface area contributed by atoms with Gasteiger partial charge in [0.05, 0.1) is 11.4 Å². The molecule has 0 saturated heterocycles. The van der Waals surface area contributed by atoms with Crippen LogP contribution in [0.3, 0.4) is 0 Å². The summed E-state index contributed by atoms with van der Waals surface area (Å²) in [5, 5.41) is 0. The van der Waals surface area contributed by atoms with Crippen molar-refractivity contribution in [3.8, 4) is 0 Å². The predicted octanol–water partition coefficient (Wildman–Crippen LogP) is 3.07. The van der Waals surface area contributed by atoms with Crippen molar-refractivity contribution in [2.45, 2.75) is 19.8 Å². The van der Waals surface area contributed by atoms with Crippen molar-refractivity contribution in [2.24, 2.45) is 0 Å². The van der Waals surface area contributed by atoms with Gasteiger partial charge in [-0.3, -0.25) is 0 Å². The fourth-order valence-corrected chi connectivity index (χ4v) is 1.53. The second kappa shape index (κ2) is 3.17. The van der Waals surface area contributed by atoms with E-state index in [9.17, 15) is 0 Å². The summed E-state index contributed by atoms with van der Waals surface area (Å²) in [6.45, 7) is 5.88. The second-order valence-electron chi connectivity index (χ2n) is 3.46. The second-order valence-corrected chi connectivity index (χ2v) is 3.46. The maximum atomic E-state index is 4.53. The Labute approximate surface area is 78.8 Å². The van der Waals surface area contributed by atoms with Gasteiger partial charge >= 0.3 is 0 Å². The quantitative estimate of drug-likeness (QED) is 0.632. The third kappa shape index (κ3) is 1.55. The van der Waals surface area contributed by atoms with Gasteiger partial charge in [0.15, 0.2) is 0 Å². The first-order valence-corrected chi connectivity index (χ1v) is 4.60. The summed E-state index contributed by atoms with van der Waals surface area (Å²) < 4.78 is 0. The van der Waals surface area contributed by atoms with Gasteiger partial charge in [-0.2, -0.15) is 0 Å². The van der Waals surface area contributed by atoms with Crippen LogP contribution in [0.25, 0.3) is 11.6 Å². The lowest BCUT2D eigenvalue weighted by atomic mass is 10.0. The number of nitrogens with zero attached hydrogens (tertiary/aromatic N) is 1. The zero-order chi connectivity index (χ0) is 9.26. The third-order valence-electron chi connectivity index (χ3n) is 2.31. The minimum atomic E-state index is 1.00. The molecule has 0 aromatic carbocycles. The Balaban J connectivity index is 2.48. The van der Waals surface area contributed by atoms with E-state index in [1.807, 2.05) is 6.92 Å². The van der Waals surface area contributed by atoms with Crippen molar-refractivity contribution in [3.05, 3.63) is 41.7 Å². The summed E-state index contributed by atoms with van der Waals surface area (Å²) in [6.07, 6.45) is 6.54. The summed E-state index contributed by atoms with van der Waals surface area (Å²) in [5.41, 5.74) is 4.51. The van der Waals surface area contributed by atoms with Crippen LogP contribution in [-0.2, 0) is 6.42 Å². The highest BCUT2D eigenvalue weighted by atomic mass is 14.7. The fourth-order valence-electron chi connectivity index (χ4n) is 1.53. The molecule has 1 aromatic heterocycles. The summed E-state index contributed by atoms with van der Waals surface area (Å²) in [6, 6.07) is 4.22. The van der Waals surface area contributed by atoms with Gasteiger partial charge in [0.1, 0.15) is 0 Å². The first-order chi connectivity index (χ1) is 6.27. The topological polar surface area (TPSA) is 12.9 Å². The average molecular weight is 171 g/mol. The molecule has 0 atom stereocenters. The van der Waals surface area contributed by atoms with Crippen LogP contribution in [0.4, 0.5) is 0 Å². The Morgan fingerprint density at radius 1 is 1.46 bits per heavy atom. The number of rotatable bonds is 1. The number of hydrogen-bond donors (Lipinski definition) is 0. The molecule has 1 aliphatic carbocycles. The predicted molar refractivity (Wildman–Crippen MR) is 56.3 cm³/mol. The van der Waals surface area contributed by atoms with E-state index in [1.54, 1.807) is 0 Å². The Morgan fingerprint density at radius 3 is 3.08 bits per heavy atom. The zero-order valence-corrected chi connectivity index (χ0v) is 7.88. The van der Waals surface area contributed by atoms with E-state index in [4.69, 9.17) is 0 Å². The van der Waals surface area contributed by atoms with Crippen molar-refractivity contribution in [1.29, 1.82) is 0 Å². The number of pyridine rings is 1. The molecule has 0 spiro atoms. The average Bonchev–Trinajstić information content (AvgIpc) is 2.17. The summed E-state index contributed by atoms with van der Waals surface area (Å²) in [5.74, 6) is 0. The van der Waals surface area contributed by atoms with Crippen LogP contribution in [0, 0.1) is 0 Å². The monoisotopic (exact) mass is 171 g/mol. The van der Waals surface area contributed by atoms with Gasteiger partial charge in [0.2, 0.25) is 0 Å². The summed E-state index contributed by atoms with van der Waals surface area (Å²) in [4.78, 5) is 4.53. The van der Waals surface area contributed by atoms with Gasteiger partial charge < -0.3 is 0 Å². The van der Waals surface area contributed by atoms with E-state index in [1.165, 1.54) is 5.56 Å². The van der Waals surface area contributed by atoms with E-state index in [2.05, 4.69) is 35.8 Å². The molecule has 0 radical (unpaired) electrons. The van der Waals surface area contributed by atoms with E-state index in [0.717, 1.165) is 29.8 Å². The Kier molecular flexibility index (Phi) is 2.01. The molecule has 1 heteroatoms. The maximum absolute atomic E-state index is 4.53. The van der Waals surface area contributed by atoms with Crippen molar-refractivity contribution >= 4 is 11.6 Å². The van der Waals surface area contributed by atoms with Crippen LogP contribution >= 0.6 is 0 Å². The lowest BCUT2D eigenvalue weighted by molar-refractivity contribution is 0.961. The maximum Gasteiger partial charge on any atom is 0.0665 e. The lowest BCUT2D eigenvalue weighted by Crippen LogP contribution is -1.98. The molecule has 1 aromatic rings. The molecule has 2 rings (SSSR count). The van der Waals surface area contributed by atoms with Crippen molar-refractivity contribution in [3.63, 3.8) is 0 Å². The highest BCUT2D eigenvalue weighted by Gasteiger charge is 2.06. The van der Waals surface area contributed by atoms with Gasteiger partial charge in [-0.25, -0.2) is 4.98 Å². The van der Waals surface area contributed by atoms with Gasteiger partial charge in [0.25, 0.3) is 0 Å². The molecule has 1 aliphatic rings. The number of hydrogen-bond acceptors (Lipinski definition) is 1. The molecular formula is C12H13N. The smallest absolute Gasteiger partial charge is 0.0665 e. The van der Waals surface area contributed by atoms with Crippen LogP contribution in [-0.4, -0.2) is 4.98 Å². The minimum absolute atomic E-state index is 1.00. The zero-order valence-electron chi connectivity index (χ0n) is 7.88. The van der Waals surface area contributed by atoms with E-state index < -0.39 is 0 Å². The molecule has 0 N–H and O–H groups in total. The standard InChI is InChI=1S/C12H13N/c1-9(2)11-8-7-10-5-3-4-6-12(10)13-11/h4,6-8H,1,3,5H2,2H3. The van der Waals surface area contributed by atoms with Crippen molar-refractivity contribution in [1.82, 2.24) is 4.98 Å². The lowest BCUT2D eigenvalue weighted by Gasteiger charge is -2.10. The molecule has 1 heterocycles. The molecule has 0 aliphatic heterocycles. The molecule has 0 unspecified atom stereocenters. The number of fused-ring (bicyclic) bond motifs is 1. The van der Waals surface area contributed by atoms with Gasteiger partial charge in [0, 0.05) is 0 Å². The Morgan fingerprint density at radius 2 is 2.31 bits per heavy atom. The minimum Gasteiger partial charge on any atom is -0.249 e. The van der Waals surface area contributed by atoms with E-state index >= 15 is 0 Å². The largest absolute Gasteiger partial charge is 0.249 e. The molecule has 0 saturated carbocycles. The van der Waals surface area contributed by atoms with Crippen molar-refractivity contribution < 1.29 is 0 Å². The highest BCUT2D eigenvalue weighted by Crippen LogP contribution is 2.19. The molecule has 13 heavy (non-hydrogen) atoms. The Bertz CT molecular complexity index is 375.